The highest BCUT2D eigenvalue weighted by molar-refractivity contribution is 9.10. The van der Waals surface area contributed by atoms with Crippen LogP contribution in [0.5, 0.6) is 0 Å². The summed E-state index contributed by atoms with van der Waals surface area (Å²) < 4.78 is 15.9. The largest absolute Gasteiger partial charge is 0.369 e. The van der Waals surface area contributed by atoms with Gasteiger partial charge in [0.25, 0.3) is 0 Å². The molecule has 0 aliphatic heterocycles. The zero-order chi connectivity index (χ0) is 13.6. The topological polar surface area (TPSA) is 43.8 Å². The van der Waals surface area contributed by atoms with Crippen molar-refractivity contribution in [3.05, 3.63) is 52.3 Å². The lowest BCUT2D eigenvalue weighted by Gasteiger charge is -2.09. The van der Waals surface area contributed by atoms with E-state index in [9.17, 15) is 4.39 Å². The molecule has 0 fully saturated rings. The molecule has 2 N–H and O–H groups in total. The molecule has 0 bridgehead atoms. The van der Waals surface area contributed by atoms with Gasteiger partial charge >= 0.3 is 0 Å². The first kappa shape index (κ1) is 12.2. The van der Waals surface area contributed by atoms with Crippen LogP contribution in [0.15, 0.2) is 40.9 Å². The van der Waals surface area contributed by atoms with Crippen LogP contribution in [0.4, 0.5) is 10.3 Å². The van der Waals surface area contributed by atoms with Crippen LogP contribution >= 0.6 is 15.9 Å². The Morgan fingerprint density at radius 3 is 2.74 bits per heavy atom. The molecule has 0 unspecified atom stereocenters. The first-order chi connectivity index (χ1) is 9.08. The van der Waals surface area contributed by atoms with Crippen LogP contribution in [0.2, 0.25) is 0 Å². The van der Waals surface area contributed by atoms with Crippen LogP contribution < -0.4 is 5.73 Å². The van der Waals surface area contributed by atoms with E-state index < -0.39 is 0 Å². The Bertz CT molecular complexity index is 780. The average molecular weight is 320 g/mol. The van der Waals surface area contributed by atoms with Gasteiger partial charge in [0, 0.05) is 6.07 Å². The summed E-state index contributed by atoms with van der Waals surface area (Å²) in [5, 5.41) is 0. The molecule has 1 heterocycles. The highest BCUT2D eigenvalue weighted by atomic mass is 79.9. The molecule has 0 spiro atoms. The van der Waals surface area contributed by atoms with E-state index in [4.69, 9.17) is 5.73 Å². The van der Waals surface area contributed by atoms with Crippen molar-refractivity contribution in [2.75, 3.05) is 5.73 Å². The van der Waals surface area contributed by atoms with Crippen LogP contribution in [0, 0.1) is 12.7 Å². The maximum Gasteiger partial charge on any atom is 0.205 e. The van der Waals surface area contributed by atoms with Gasteiger partial charge < -0.3 is 5.73 Å². The van der Waals surface area contributed by atoms with E-state index >= 15 is 0 Å². The van der Waals surface area contributed by atoms with E-state index in [0.29, 0.717) is 21.5 Å². The lowest BCUT2D eigenvalue weighted by atomic mass is 10.2. The normalized spacial score (nSPS) is 11.1. The van der Waals surface area contributed by atoms with Crippen molar-refractivity contribution in [2.24, 2.45) is 0 Å². The molecule has 1 aromatic heterocycles. The van der Waals surface area contributed by atoms with Gasteiger partial charge in [-0.05, 0) is 40.5 Å². The van der Waals surface area contributed by atoms with E-state index in [1.165, 1.54) is 6.07 Å². The summed E-state index contributed by atoms with van der Waals surface area (Å²) >= 11 is 3.16. The van der Waals surface area contributed by atoms with Gasteiger partial charge in [-0.25, -0.2) is 9.37 Å². The second kappa shape index (κ2) is 4.35. The number of hydrogen-bond acceptors (Lipinski definition) is 2. The minimum absolute atomic E-state index is 0.331. The third-order valence-corrected chi connectivity index (χ3v) is 3.69. The maximum absolute atomic E-state index is 13.7. The predicted molar refractivity (Wildman–Crippen MR) is 77.9 cm³/mol. The fraction of sp³-hybridized carbons (Fsp3) is 0.0714. The summed E-state index contributed by atoms with van der Waals surface area (Å²) in [5.74, 6) is 0.0176. The summed E-state index contributed by atoms with van der Waals surface area (Å²) in [7, 11) is 0. The molecule has 0 saturated carbocycles. The number of rotatable bonds is 1. The zero-order valence-corrected chi connectivity index (χ0v) is 11.8. The van der Waals surface area contributed by atoms with Crippen molar-refractivity contribution in [2.45, 2.75) is 6.92 Å². The fourth-order valence-corrected chi connectivity index (χ4v) is 2.49. The fourth-order valence-electron chi connectivity index (χ4n) is 2.16. The first-order valence-electron chi connectivity index (χ1n) is 5.77. The second-order valence-electron chi connectivity index (χ2n) is 4.35. The Morgan fingerprint density at radius 2 is 2.00 bits per heavy atom. The van der Waals surface area contributed by atoms with Crippen molar-refractivity contribution in [1.82, 2.24) is 9.55 Å². The molecule has 2 aromatic carbocycles. The Morgan fingerprint density at radius 1 is 1.26 bits per heavy atom. The van der Waals surface area contributed by atoms with Crippen molar-refractivity contribution in [3.8, 4) is 5.69 Å². The summed E-state index contributed by atoms with van der Waals surface area (Å²) in [5.41, 5.74) is 9.25. The summed E-state index contributed by atoms with van der Waals surface area (Å²) in [6.45, 7) is 1.98. The number of nitrogens with zero attached hydrogens (tertiary/aromatic N) is 2. The van der Waals surface area contributed by atoms with E-state index in [1.54, 1.807) is 10.6 Å². The Hall–Kier alpha value is -1.88. The van der Waals surface area contributed by atoms with Gasteiger partial charge in [-0.3, -0.25) is 4.57 Å². The van der Waals surface area contributed by atoms with Crippen molar-refractivity contribution >= 4 is 32.9 Å². The number of imidazole rings is 1. The maximum atomic E-state index is 13.7. The number of nitrogen functional groups attached to an aromatic ring is 1. The molecule has 0 amide bonds. The number of hydrogen-bond donors (Lipinski definition) is 1. The molecule has 19 heavy (non-hydrogen) atoms. The third kappa shape index (κ3) is 1.90. The predicted octanol–water partition coefficient (Wildman–Crippen LogP) is 3.82. The van der Waals surface area contributed by atoms with Gasteiger partial charge in [0.1, 0.15) is 5.82 Å². The van der Waals surface area contributed by atoms with Gasteiger partial charge in [-0.1, -0.05) is 18.2 Å². The zero-order valence-electron chi connectivity index (χ0n) is 10.2. The van der Waals surface area contributed by atoms with Crippen LogP contribution in [0.1, 0.15) is 5.56 Å². The molecular formula is C14H11BrFN3. The third-order valence-electron chi connectivity index (χ3n) is 3.08. The lowest BCUT2D eigenvalue weighted by Crippen LogP contribution is -2.02. The van der Waals surface area contributed by atoms with E-state index in [2.05, 4.69) is 20.9 Å². The van der Waals surface area contributed by atoms with Crippen LogP contribution in [-0.4, -0.2) is 9.55 Å². The second-order valence-corrected chi connectivity index (χ2v) is 5.20. The number of fused-ring (bicyclic) bond motifs is 1. The molecule has 0 aliphatic rings. The van der Waals surface area contributed by atoms with Gasteiger partial charge in [0.2, 0.25) is 5.95 Å². The van der Waals surface area contributed by atoms with Crippen molar-refractivity contribution in [3.63, 3.8) is 0 Å². The average Bonchev–Trinajstić information content (AvgIpc) is 2.66. The molecule has 3 rings (SSSR count). The molecule has 96 valence electrons. The number of aromatic nitrogens is 2. The number of anilines is 1. The van der Waals surface area contributed by atoms with E-state index in [1.807, 2.05) is 31.2 Å². The highest BCUT2D eigenvalue weighted by Gasteiger charge is 2.14. The number of nitrogens with two attached hydrogens (primary N) is 1. The van der Waals surface area contributed by atoms with Gasteiger partial charge in [0.05, 0.1) is 21.2 Å². The smallest absolute Gasteiger partial charge is 0.205 e. The Labute approximate surface area is 118 Å². The molecule has 0 radical (unpaired) electrons. The van der Waals surface area contributed by atoms with Crippen LogP contribution in [0.25, 0.3) is 16.7 Å². The SMILES string of the molecule is Cc1ccccc1-n1c(N)nc2cc(Br)c(F)cc21. The molecule has 5 heteroatoms. The van der Waals surface area contributed by atoms with Crippen molar-refractivity contribution in [1.29, 1.82) is 0 Å². The molecule has 0 saturated heterocycles. The molecule has 0 aliphatic carbocycles. The van der Waals surface area contributed by atoms with Gasteiger partial charge in [-0.2, -0.15) is 0 Å². The van der Waals surface area contributed by atoms with E-state index in [0.717, 1.165) is 11.3 Å². The van der Waals surface area contributed by atoms with E-state index in [-0.39, 0.29) is 5.82 Å². The molecule has 3 nitrogen and oxygen atoms in total. The Balaban J connectivity index is 2.38. The molecule has 3 aromatic rings. The minimum atomic E-state index is -0.331. The monoisotopic (exact) mass is 319 g/mol. The highest BCUT2D eigenvalue weighted by Crippen LogP contribution is 2.28. The number of aryl methyl sites for hydroxylation is 1. The Kier molecular flexibility index (Phi) is 2.78. The van der Waals surface area contributed by atoms with Crippen LogP contribution in [-0.2, 0) is 0 Å². The van der Waals surface area contributed by atoms with Crippen molar-refractivity contribution < 1.29 is 4.39 Å². The summed E-state index contributed by atoms with van der Waals surface area (Å²) in [6.07, 6.45) is 0. The standard InChI is InChI=1S/C14H11BrFN3/c1-8-4-2-3-5-12(8)19-13-7-10(16)9(15)6-11(13)18-14(19)17/h2-7H,1H3,(H2,17,18). The summed E-state index contributed by atoms with van der Waals surface area (Å²) in [4.78, 5) is 4.28. The lowest BCUT2D eigenvalue weighted by molar-refractivity contribution is 0.622. The van der Waals surface area contributed by atoms with Gasteiger partial charge in [0.15, 0.2) is 0 Å². The first-order valence-corrected chi connectivity index (χ1v) is 6.56. The quantitative estimate of drug-likeness (QED) is 0.741. The minimum Gasteiger partial charge on any atom is -0.369 e. The molecular weight excluding hydrogens is 309 g/mol. The number of para-hydroxylation sites is 1. The van der Waals surface area contributed by atoms with Gasteiger partial charge in [-0.15, -0.1) is 0 Å². The summed E-state index contributed by atoms with van der Waals surface area (Å²) in [6, 6.07) is 10.9. The molecule has 0 atom stereocenters. The van der Waals surface area contributed by atoms with Crippen LogP contribution in [0.3, 0.4) is 0 Å². The number of halogens is 2. The number of benzene rings is 2.